The smallest absolute Gasteiger partial charge is 0.357 e. The summed E-state index contributed by atoms with van der Waals surface area (Å²) >= 11 is 0. The van der Waals surface area contributed by atoms with E-state index < -0.39 is 0 Å². The highest BCUT2D eigenvalue weighted by atomic mass is 16.5. The Balaban J connectivity index is 2.12. The van der Waals surface area contributed by atoms with Gasteiger partial charge in [0.15, 0.2) is 5.69 Å². The molecule has 0 radical (unpaired) electrons. The molecule has 1 fully saturated rings. The second-order valence-electron chi connectivity index (χ2n) is 4.38. The summed E-state index contributed by atoms with van der Waals surface area (Å²) in [6.45, 7) is 4.74. The van der Waals surface area contributed by atoms with Crippen LogP contribution < -0.4 is 0 Å². The van der Waals surface area contributed by atoms with Crippen LogP contribution >= 0.6 is 0 Å². The van der Waals surface area contributed by atoms with E-state index in [1.54, 1.807) is 13.1 Å². The van der Waals surface area contributed by atoms with Crippen molar-refractivity contribution in [2.75, 3.05) is 13.2 Å². The number of carbonyl (C=O) groups excluding carboxylic acids is 1. The van der Waals surface area contributed by atoms with Crippen molar-refractivity contribution in [1.29, 1.82) is 0 Å². The Labute approximate surface area is 107 Å². The van der Waals surface area contributed by atoms with E-state index in [2.05, 4.69) is 9.97 Å². The molecule has 5 nitrogen and oxygen atoms in total. The number of aromatic nitrogens is 2. The number of ether oxygens (including phenoxy) is 2. The molecule has 0 aromatic carbocycles. The first-order chi connectivity index (χ1) is 8.70. The summed E-state index contributed by atoms with van der Waals surface area (Å²) in [5.74, 6) is 0.265. The van der Waals surface area contributed by atoms with Gasteiger partial charge >= 0.3 is 5.97 Å². The summed E-state index contributed by atoms with van der Waals surface area (Å²) in [6.07, 6.45) is 4.63. The normalized spacial score (nSPS) is 18.9. The van der Waals surface area contributed by atoms with E-state index in [0.29, 0.717) is 24.5 Å². The number of esters is 1. The molecule has 98 valence electrons. The highest BCUT2D eigenvalue weighted by molar-refractivity contribution is 5.88. The lowest BCUT2D eigenvalue weighted by Gasteiger charge is -2.10. The lowest BCUT2D eigenvalue weighted by molar-refractivity contribution is 0.0517. The van der Waals surface area contributed by atoms with E-state index in [1.165, 1.54) is 0 Å². The average molecular weight is 250 g/mol. The molecule has 2 rings (SSSR count). The Kier molecular flexibility index (Phi) is 4.25. The van der Waals surface area contributed by atoms with Gasteiger partial charge in [0.25, 0.3) is 0 Å². The van der Waals surface area contributed by atoms with Crippen molar-refractivity contribution in [2.24, 2.45) is 0 Å². The van der Waals surface area contributed by atoms with Gasteiger partial charge in [0.05, 0.1) is 12.7 Å². The van der Waals surface area contributed by atoms with Gasteiger partial charge in [0.1, 0.15) is 5.82 Å². The van der Waals surface area contributed by atoms with E-state index in [-0.39, 0.29) is 12.1 Å². The van der Waals surface area contributed by atoms with E-state index >= 15 is 0 Å². The fraction of sp³-hybridized carbons (Fsp3) is 0.615. The molecule has 0 spiro atoms. The van der Waals surface area contributed by atoms with Crippen molar-refractivity contribution in [3.05, 3.63) is 23.3 Å². The lowest BCUT2D eigenvalue weighted by Crippen LogP contribution is -2.16. The summed E-state index contributed by atoms with van der Waals surface area (Å²) in [5.41, 5.74) is 1.10. The summed E-state index contributed by atoms with van der Waals surface area (Å²) in [6, 6.07) is 0. The molecule has 1 aliphatic heterocycles. The largest absolute Gasteiger partial charge is 0.461 e. The molecule has 1 aromatic heterocycles. The maximum atomic E-state index is 11.7. The zero-order chi connectivity index (χ0) is 13.0. The Morgan fingerprint density at radius 2 is 2.44 bits per heavy atom. The van der Waals surface area contributed by atoms with Crippen LogP contribution in [0.4, 0.5) is 0 Å². The average Bonchev–Trinajstić information content (AvgIpc) is 2.84. The van der Waals surface area contributed by atoms with Crippen LogP contribution in [0.25, 0.3) is 0 Å². The SMILES string of the molecule is CCOC(=O)c1nc(CC2CCCO2)ncc1C. The molecule has 0 aliphatic carbocycles. The summed E-state index contributed by atoms with van der Waals surface area (Å²) in [4.78, 5) is 20.2. The van der Waals surface area contributed by atoms with Gasteiger partial charge in [-0.25, -0.2) is 14.8 Å². The molecule has 0 saturated carbocycles. The van der Waals surface area contributed by atoms with Gasteiger partial charge in [-0.1, -0.05) is 0 Å². The number of carbonyl (C=O) groups is 1. The number of nitrogens with zero attached hydrogens (tertiary/aromatic N) is 2. The molecular weight excluding hydrogens is 232 g/mol. The highest BCUT2D eigenvalue weighted by Crippen LogP contribution is 2.16. The van der Waals surface area contributed by atoms with Gasteiger partial charge in [0.2, 0.25) is 0 Å². The zero-order valence-electron chi connectivity index (χ0n) is 10.8. The van der Waals surface area contributed by atoms with Gasteiger partial charge < -0.3 is 9.47 Å². The molecule has 1 aliphatic rings. The second-order valence-corrected chi connectivity index (χ2v) is 4.38. The van der Waals surface area contributed by atoms with Crippen molar-refractivity contribution in [3.8, 4) is 0 Å². The molecule has 1 unspecified atom stereocenters. The molecule has 1 atom stereocenters. The van der Waals surface area contributed by atoms with E-state index in [4.69, 9.17) is 9.47 Å². The summed E-state index contributed by atoms with van der Waals surface area (Å²) in [5, 5.41) is 0. The first-order valence-electron chi connectivity index (χ1n) is 6.32. The fourth-order valence-corrected chi connectivity index (χ4v) is 1.99. The van der Waals surface area contributed by atoms with Crippen LogP contribution in [0.2, 0.25) is 0 Å². The lowest BCUT2D eigenvalue weighted by atomic mass is 10.1. The number of hydrogen-bond acceptors (Lipinski definition) is 5. The first kappa shape index (κ1) is 13.0. The maximum absolute atomic E-state index is 11.7. The Morgan fingerprint density at radius 3 is 3.11 bits per heavy atom. The van der Waals surface area contributed by atoms with Crippen LogP contribution in [0.5, 0.6) is 0 Å². The minimum Gasteiger partial charge on any atom is -0.461 e. The van der Waals surface area contributed by atoms with Crippen LogP contribution in [0.3, 0.4) is 0 Å². The molecule has 18 heavy (non-hydrogen) atoms. The topological polar surface area (TPSA) is 61.3 Å². The van der Waals surface area contributed by atoms with E-state index in [0.717, 1.165) is 25.0 Å². The van der Waals surface area contributed by atoms with Crippen LogP contribution in [0.15, 0.2) is 6.20 Å². The third-order valence-electron chi connectivity index (χ3n) is 2.92. The quantitative estimate of drug-likeness (QED) is 0.761. The maximum Gasteiger partial charge on any atom is 0.357 e. The zero-order valence-corrected chi connectivity index (χ0v) is 10.8. The van der Waals surface area contributed by atoms with Gasteiger partial charge in [-0.05, 0) is 26.7 Å². The van der Waals surface area contributed by atoms with Crippen LogP contribution in [-0.4, -0.2) is 35.3 Å². The number of aryl methyl sites for hydroxylation is 1. The third kappa shape index (κ3) is 3.04. The monoisotopic (exact) mass is 250 g/mol. The van der Waals surface area contributed by atoms with Crippen LogP contribution in [-0.2, 0) is 15.9 Å². The van der Waals surface area contributed by atoms with Crippen molar-refractivity contribution in [1.82, 2.24) is 9.97 Å². The molecule has 0 amide bonds. The fourth-order valence-electron chi connectivity index (χ4n) is 1.99. The molecule has 5 heteroatoms. The van der Waals surface area contributed by atoms with Gasteiger partial charge in [-0.15, -0.1) is 0 Å². The van der Waals surface area contributed by atoms with Crippen molar-refractivity contribution < 1.29 is 14.3 Å². The third-order valence-corrected chi connectivity index (χ3v) is 2.92. The standard InChI is InChI=1S/C13H18N2O3/c1-3-17-13(16)12-9(2)8-14-11(15-12)7-10-5-4-6-18-10/h8,10H,3-7H2,1-2H3. The number of rotatable bonds is 4. The summed E-state index contributed by atoms with van der Waals surface area (Å²) < 4.78 is 10.5. The second kappa shape index (κ2) is 5.91. The molecule has 1 saturated heterocycles. The predicted octanol–water partition coefficient (Wildman–Crippen LogP) is 1.68. The Morgan fingerprint density at radius 1 is 1.61 bits per heavy atom. The molecule has 1 aromatic rings. The van der Waals surface area contributed by atoms with Crippen molar-refractivity contribution in [2.45, 2.75) is 39.2 Å². The van der Waals surface area contributed by atoms with Crippen LogP contribution in [0.1, 0.15) is 41.6 Å². The van der Waals surface area contributed by atoms with Crippen molar-refractivity contribution in [3.63, 3.8) is 0 Å². The molecule has 2 heterocycles. The van der Waals surface area contributed by atoms with Gasteiger partial charge in [-0.3, -0.25) is 0 Å². The molecule has 0 N–H and O–H groups in total. The molecular formula is C13H18N2O3. The Hall–Kier alpha value is -1.49. The predicted molar refractivity (Wildman–Crippen MR) is 65.4 cm³/mol. The minimum absolute atomic E-state index is 0.183. The minimum atomic E-state index is -0.383. The van der Waals surface area contributed by atoms with Gasteiger partial charge in [0, 0.05) is 24.8 Å². The number of hydrogen-bond donors (Lipinski definition) is 0. The molecule has 0 bridgehead atoms. The van der Waals surface area contributed by atoms with E-state index in [9.17, 15) is 4.79 Å². The summed E-state index contributed by atoms with van der Waals surface area (Å²) in [7, 11) is 0. The highest BCUT2D eigenvalue weighted by Gasteiger charge is 2.19. The first-order valence-corrected chi connectivity index (χ1v) is 6.32. The van der Waals surface area contributed by atoms with Crippen molar-refractivity contribution >= 4 is 5.97 Å². The van der Waals surface area contributed by atoms with Crippen LogP contribution in [0, 0.1) is 6.92 Å². The van der Waals surface area contributed by atoms with E-state index in [1.807, 2.05) is 6.92 Å². The Bertz CT molecular complexity index is 428. The van der Waals surface area contributed by atoms with Gasteiger partial charge in [-0.2, -0.15) is 0 Å².